The molecule has 0 aliphatic rings. The lowest BCUT2D eigenvalue weighted by Crippen LogP contribution is -2.38. The zero-order valence-electron chi connectivity index (χ0n) is 75.6. The highest BCUT2D eigenvalue weighted by Gasteiger charge is 2.43. The molecule has 6 rings (SSSR count). The van der Waals surface area contributed by atoms with Crippen molar-refractivity contribution in [3.63, 3.8) is 0 Å². The first-order valence-electron chi connectivity index (χ1n) is 41.1. The van der Waals surface area contributed by atoms with E-state index >= 15 is 0 Å². The lowest BCUT2D eigenvalue weighted by molar-refractivity contribution is -0.870. The zero-order chi connectivity index (χ0) is 94.1. The maximum atomic E-state index is 13.8. The van der Waals surface area contributed by atoms with Crippen LogP contribution in [0.5, 0.6) is 0 Å². The Morgan fingerprint density at radius 2 is 0.627 bits per heavy atom. The second-order valence-corrected chi connectivity index (χ2v) is 44.2. The van der Waals surface area contributed by atoms with Gasteiger partial charge in [-0.1, -0.05) is 95.1 Å². The first-order valence-corrected chi connectivity index (χ1v) is 49.3. The molecule has 6 aromatic carbocycles. The Morgan fingerprint density at radius 1 is 0.365 bits per heavy atom. The minimum Gasteiger partial charge on any atom is -0.756 e. The maximum Gasteiger partial charge on any atom is 0.311 e. The number of aryl methyl sites for hydroxylation is 4. The van der Waals surface area contributed by atoms with Crippen molar-refractivity contribution in [1.82, 2.24) is 10.6 Å². The molecule has 0 aliphatic carbocycles. The number of nitrogens with zero attached hydrogens (tertiary/aromatic N) is 2. The quantitative estimate of drug-likeness (QED) is 0.00681. The molecule has 0 spiro atoms. The number of esters is 4. The number of carbonyl (C=O) groups excluding carboxylic acids is 8. The molecule has 0 aromatic heterocycles. The lowest BCUT2D eigenvalue weighted by Gasteiger charge is -2.31. The van der Waals surface area contributed by atoms with Crippen molar-refractivity contribution in [1.29, 1.82) is 0 Å². The number of likely N-dealkylation sites (N-methyl/N-ethyl adjacent to an activating group) is 2. The Kier molecular flexibility index (Phi) is 42.9. The van der Waals surface area contributed by atoms with Crippen LogP contribution in [-0.2, 0) is 94.5 Å². The number of amides is 2. The molecule has 0 fully saturated rings. The summed E-state index contributed by atoms with van der Waals surface area (Å²) in [6.07, 6.45) is 0.136. The van der Waals surface area contributed by atoms with Gasteiger partial charge in [-0.15, -0.1) is 23.5 Å². The lowest BCUT2D eigenvalue weighted by atomic mass is 9.75. The van der Waals surface area contributed by atoms with E-state index in [1.807, 2.05) is 56.1 Å². The summed E-state index contributed by atoms with van der Waals surface area (Å²) in [4.78, 5) is 131. The van der Waals surface area contributed by atoms with Crippen LogP contribution < -0.4 is 20.4 Å². The molecule has 0 saturated heterocycles. The van der Waals surface area contributed by atoms with Gasteiger partial charge in [0.1, 0.15) is 52.7 Å². The number of rotatable bonds is 54. The number of quaternary nitrogens is 2. The van der Waals surface area contributed by atoms with Crippen LogP contribution in [0.4, 0.5) is 0 Å². The molecule has 126 heavy (non-hydrogen) atoms. The summed E-state index contributed by atoms with van der Waals surface area (Å²) in [6, 6.07) is 40.8. The van der Waals surface area contributed by atoms with Crippen LogP contribution >= 0.6 is 39.2 Å². The number of ether oxygens (including phenoxy) is 6. The molecular weight excluding hydrogens is 1740 g/mol. The molecule has 2 amide bonds. The molecule has 0 aliphatic heterocycles. The van der Waals surface area contributed by atoms with Gasteiger partial charge in [-0.05, 0) is 169 Å². The number of ketones is 2. The number of phosphoric acid groups is 2. The number of carbonyl (C=O) groups is 8. The van der Waals surface area contributed by atoms with Crippen molar-refractivity contribution < 1.29 is 130 Å². The van der Waals surface area contributed by atoms with Gasteiger partial charge in [0, 0.05) is 62.6 Å². The highest BCUT2D eigenvalue weighted by Crippen LogP contribution is 2.41. The largest absolute Gasteiger partial charge is 0.756 e. The number of nitrogens with one attached hydrogen (secondary N) is 2. The van der Waals surface area contributed by atoms with Gasteiger partial charge in [-0.3, -0.25) is 47.5 Å². The molecule has 0 saturated carbocycles. The first-order chi connectivity index (χ1) is 58.6. The van der Waals surface area contributed by atoms with Gasteiger partial charge in [0.15, 0.2) is 31.2 Å². The van der Waals surface area contributed by atoms with E-state index in [0.717, 1.165) is 20.9 Å². The van der Waals surface area contributed by atoms with Crippen molar-refractivity contribution in [3.05, 3.63) is 190 Å². The number of hydrogen-bond donors (Lipinski definition) is 2. The van der Waals surface area contributed by atoms with Gasteiger partial charge < -0.3 is 75.9 Å². The Morgan fingerprint density at radius 3 is 0.921 bits per heavy atom. The molecule has 2 N–H and O–H groups in total. The van der Waals surface area contributed by atoms with Crippen LogP contribution in [-0.4, -0.2) is 244 Å². The van der Waals surface area contributed by atoms with Gasteiger partial charge in [0.2, 0.25) is 0 Å². The summed E-state index contributed by atoms with van der Waals surface area (Å²) >= 11 is 3.32. The van der Waals surface area contributed by atoms with E-state index in [9.17, 15) is 74.1 Å². The van der Waals surface area contributed by atoms with E-state index in [-0.39, 0.29) is 131 Å². The van der Waals surface area contributed by atoms with Crippen molar-refractivity contribution in [2.75, 3.05) is 171 Å². The van der Waals surface area contributed by atoms with Crippen LogP contribution in [0.3, 0.4) is 0 Å². The van der Waals surface area contributed by atoms with Crippen LogP contribution in [0.1, 0.15) is 132 Å². The minimum absolute atomic E-state index is 0.00296. The molecule has 6 aromatic rings. The highest BCUT2D eigenvalue weighted by molar-refractivity contribution is 8.00. The summed E-state index contributed by atoms with van der Waals surface area (Å²) in [5.74, 6) is -5.86. The maximum absolute atomic E-state index is 13.8. The van der Waals surface area contributed by atoms with E-state index in [1.165, 1.54) is 59.7 Å². The molecular formula is C90H126N4O26P2S4. The number of thioether (sulfide) groups is 2. The first kappa shape index (κ1) is 109. The Labute approximate surface area is 751 Å². The summed E-state index contributed by atoms with van der Waals surface area (Å²) < 4.78 is 130. The van der Waals surface area contributed by atoms with Gasteiger partial charge in [0.05, 0.1) is 131 Å². The van der Waals surface area contributed by atoms with E-state index in [0.29, 0.717) is 44.7 Å². The van der Waals surface area contributed by atoms with Gasteiger partial charge in [0.25, 0.3) is 27.5 Å². The topological polar surface area (TPSA) is 401 Å². The Hall–Kier alpha value is -7.86. The molecule has 0 radical (unpaired) electrons. The average molecular weight is 1870 g/mol. The van der Waals surface area contributed by atoms with Crippen LogP contribution in [0.25, 0.3) is 0 Å². The standard InChI is InChI=1S/C45H63N2O15PS2.C45H63N2O11PS2/c1-33-10-18-38(19-11-33)64(54,55)30-37(31-65(56,57)39-20-12-34(2)13-21-39)40(48)35-14-16-36(17-15-35)41(49)46-22-24-58-26-27-59-42(50)44(3,4)32-45(5,6)43(51)60-28-29-62-63(52,53)61-25-23-47(7,8)9;1-33-10-18-38(19-11-33)60-30-37(31-61-39-20-12-34(2)13-21-39)40(48)35-14-16-36(17-15-35)41(49)46-22-24-54-26-27-55-42(50)44(3,4)32-45(5,6)43(51)56-28-29-58-59(52,53)57-25-23-47(7,8)9/h10-21,37H,22-32H2,1-9H3,(H-,46,49,52,53);10-21,37H,22-32H2,1-9H3,(H-,46,49,52,53). The van der Waals surface area contributed by atoms with Crippen molar-refractivity contribution >= 4 is 106 Å². The number of benzene rings is 6. The molecule has 30 nitrogen and oxygen atoms in total. The second kappa shape index (κ2) is 49.8. The number of Topliss-reactive ketones (excluding diaryl/α,β-unsaturated/α-hetero) is 2. The summed E-state index contributed by atoms with van der Waals surface area (Å²) in [5, 5.41) is 5.47. The number of hydrogen-bond acceptors (Lipinski definition) is 28. The monoisotopic (exact) mass is 1870 g/mol. The molecule has 0 heterocycles. The fraction of sp³-hybridized carbons (Fsp3) is 0.511. The van der Waals surface area contributed by atoms with Gasteiger partial charge in [-0.2, -0.15) is 0 Å². The summed E-state index contributed by atoms with van der Waals surface area (Å²) in [7, 11) is -5.95. The third-order valence-electron chi connectivity index (χ3n) is 19.3. The average Bonchev–Trinajstić information content (AvgIpc) is 0.801. The van der Waals surface area contributed by atoms with Crippen molar-refractivity contribution in [2.45, 2.75) is 116 Å². The minimum atomic E-state index is -4.57. The fourth-order valence-electron chi connectivity index (χ4n) is 12.4. The molecule has 696 valence electrons. The van der Waals surface area contributed by atoms with Crippen molar-refractivity contribution in [3.8, 4) is 0 Å². The highest BCUT2D eigenvalue weighted by atomic mass is 32.2. The zero-order valence-corrected chi connectivity index (χ0v) is 80.7. The normalized spacial score (nSPS) is 13.3. The summed E-state index contributed by atoms with van der Waals surface area (Å²) in [6.45, 7) is 20.4. The predicted octanol–water partition coefficient (Wildman–Crippen LogP) is 11.7. The van der Waals surface area contributed by atoms with Crippen LogP contribution in [0, 0.1) is 61.2 Å². The Bertz CT molecular complexity index is 4760. The molecule has 36 heteroatoms. The predicted molar refractivity (Wildman–Crippen MR) is 478 cm³/mol. The van der Waals surface area contributed by atoms with Crippen molar-refractivity contribution in [2.24, 2.45) is 33.5 Å². The van der Waals surface area contributed by atoms with Crippen LogP contribution in [0.2, 0.25) is 0 Å². The van der Waals surface area contributed by atoms with E-state index in [4.69, 9.17) is 46.5 Å². The molecule has 0 bridgehead atoms. The molecule has 2 unspecified atom stereocenters. The number of sulfone groups is 2. The van der Waals surface area contributed by atoms with Gasteiger partial charge >= 0.3 is 23.9 Å². The van der Waals surface area contributed by atoms with Gasteiger partial charge in [-0.25, -0.2) is 16.8 Å². The van der Waals surface area contributed by atoms with E-state index in [2.05, 4.69) is 59.2 Å². The smallest absolute Gasteiger partial charge is 0.311 e. The molecule has 2 atom stereocenters. The second-order valence-electron chi connectivity index (χ2n) is 35.1. The SMILES string of the molecule is Cc1ccc(S(=O)(=O)CC(CS(=O)(=O)c2ccc(C)cc2)C(=O)c2ccc(C(=O)NCCOCCOC(=O)C(C)(C)CC(C)(C)C(=O)OCCOP(=O)([O-])OCC[N+](C)(C)C)cc2)cc1.Cc1ccc(SCC(CSc2ccc(C)cc2)C(=O)c2ccc(C(=O)NCCOCCOC(=O)C(C)(C)CC(C)(C)C(=O)OCCOP(=O)([O-])OCC[N+](C)(C)C)cc2)cc1. The van der Waals surface area contributed by atoms with Crippen LogP contribution in [0.15, 0.2) is 165 Å². The van der Waals surface area contributed by atoms with E-state index < -0.39 is 123 Å². The summed E-state index contributed by atoms with van der Waals surface area (Å²) in [5.41, 5.74) is 0.777. The Balaban J connectivity index is 0.000000448. The number of phosphoric ester groups is 2. The third-order valence-corrected chi connectivity index (χ3v) is 27.3. The van der Waals surface area contributed by atoms with E-state index in [1.54, 1.807) is 141 Å². The third kappa shape index (κ3) is 40.0. The fourth-order valence-corrected chi connectivity index (χ4v) is 19.1.